The minimum absolute atomic E-state index is 0.279. The van der Waals surface area contributed by atoms with Crippen molar-refractivity contribution in [2.24, 2.45) is 0 Å². The van der Waals surface area contributed by atoms with Crippen LogP contribution in [0, 0.1) is 0 Å². The summed E-state index contributed by atoms with van der Waals surface area (Å²) < 4.78 is 5.43. The van der Waals surface area contributed by atoms with Crippen molar-refractivity contribution in [2.75, 3.05) is 13.2 Å². The minimum atomic E-state index is 0.279. The Morgan fingerprint density at radius 1 is 1.55 bits per heavy atom. The van der Waals surface area contributed by atoms with Gasteiger partial charge >= 0.3 is 0 Å². The molecule has 0 aromatic rings. The van der Waals surface area contributed by atoms with Gasteiger partial charge in [0.05, 0.1) is 12.7 Å². The molecule has 0 bridgehead atoms. The first-order valence-corrected chi connectivity index (χ1v) is 4.24. The van der Waals surface area contributed by atoms with Crippen LogP contribution >= 0.6 is 0 Å². The monoisotopic (exact) mass is 156 g/mol. The van der Waals surface area contributed by atoms with Crippen LogP contribution < -0.4 is 0 Å². The second-order valence-corrected chi connectivity index (χ2v) is 2.99. The van der Waals surface area contributed by atoms with Gasteiger partial charge in [-0.3, -0.25) is 0 Å². The smallest absolute Gasteiger partial charge is 0.0783 e. The fourth-order valence-corrected chi connectivity index (χ4v) is 1.34. The lowest BCUT2D eigenvalue weighted by Gasteiger charge is -2.09. The lowest BCUT2D eigenvalue weighted by Crippen LogP contribution is -2.06. The normalized spacial score (nSPS) is 24.5. The van der Waals surface area contributed by atoms with E-state index < -0.39 is 0 Å². The topological polar surface area (TPSA) is 29.5 Å². The van der Waals surface area contributed by atoms with Gasteiger partial charge in [-0.2, -0.15) is 0 Å². The molecule has 1 unspecified atom stereocenters. The van der Waals surface area contributed by atoms with Crippen molar-refractivity contribution in [1.82, 2.24) is 0 Å². The van der Waals surface area contributed by atoms with E-state index in [0.29, 0.717) is 6.61 Å². The van der Waals surface area contributed by atoms with Gasteiger partial charge in [0.1, 0.15) is 0 Å². The highest BCUT2D eigenvalue weighted by atomic mass is 16.5. The number of rotatable bonds is 4. The molecule has 64 valence electrons. The molecule has 0 spiro atoms. The van der Waals surface area contributed by atoms with Crippen molar-refractivity contribution in [3.8, 4) is 0 Å². The third-order valence-electron chi connectivity index (χ3n) is 2.07. The van der Waals surface area contributed by atoms with Gasteiger partial charge in [-0.25, -0.2) is 0 Å². The van der Waals surface area contributed by atoms with Crippen LogP contribution in [0.1, 0.15) is 25.7 Å². The number of hydrogen-bond acceptors (Lipinski definition) is 2. The van der Waals surface area contributed by atoms with E-state index in [1.807, 2.05) is 0 Å². The van der Waals surface area contributed by atoms with Gasteiger partial charge in [0.2, 0.25) is 0 Å². The summed E-state index contributed by atoms with van der Waals surface area (Å²) in [6.45, 7) is 5.05. The van der Waals surface area contributed by atoms with Crippen LogP contribution in [0.15, 0.2) is 12.2 Å². The van der Waals surface area contributed by atoms with Crippen molar-refractivity contribution < 1.29 is 9.84 Å². The zero-order valence-corrected chi connectivity index (χ0v) is 6.88. The summed E-state index contributed by atoms with van der Waals surface area (Å²) in [5.41, 5.74) is 1.22. The van der Waals surface area contributed by atoms with E-state index in [1.165, 1.54) is 5.57 Å². The van der Waals surface area contributed by atoms with Crippen molar-refractivity contribution >= 4 is 0 Å². The van der Waals surface area contributed by atoms with Gasteiger partial charge in [0, 0.05) is 6.61 Å². The first-order chi connectivity index (χ1) is 5.34. The molecule has 1 aliphatic rings. The first-order valence-electron chi connectivity index (χ1n) is 4.24. The Hall–Kier alpha value is -0.340. The highest BCUT2D eigenvalue weighted by Crippen LogP contribution is 2.22. The van der Waals surface area contributed by atoms with Crippen LogP contribution in [0.4, 0.5) is 0 Å². The summed E-state index contributed by atoms with van der Waals surface area (Å²) in [4.78, 5) is 0. The van der Waals surface area contributed by atoms with Gasteiger partial charge in [-0.05, 0) is 31.3 Å². The average Bonchev–Trinajstić information content (AvgIpc) is 2.37. The molecular formula is C9H16O2. The largest absolute Gasteiger partial charge is 0.396 e. The minimum Gasteiger partial charge on any atom is -0.396 e. The molecule has 0 radical (unpaired) electrons. The van der Waals surface area contributed by atoms with Crippen LogP contribution in [0.3, 0.4) is 0 Å². The van der Waals surface area contributed by atoms with Gasteiger partial charge in [0.25, 0.3) is 0 Å². The van der Waals surface area contributed by atoms with E-state index >= 15 is 0 Å². The Morgan fingerprint density at radius 3 is 2.91 bits per heavy atom. The molecule has 0 saturated carbocycles. The molecule has 1 heterocycles. The third-order valence-corrected chi connectivity index (χ3v) is 2.07. The second-order valence-electron chi connectivity index (χ2n) is 2.99. The Balaban J connectivity index is 2.10. The quantitative estimate of drug-likeness (QED) is 0.493. The average molecular weight is 156 g/mol. The van der Waals surface area contributed by atoms with Crippen molar-refractivity contribution in [2.45, 2.75) is 31.8 Å². The summed E-state index contributed by atoms with van der Waals surface area (Å²) in [7, 11) is 0. The predicted molar refractivity (Wildman–Crippen MR) is 44.4 cm³/mol. The summed E-state index contributed by atoms with van der Waals surface area (Å²) in [6.07, 6.45) is 4.25. The maximum absolute atomic E-state index is 8.54. The fourth-order valence-electron chi connectivity index (χ4n) is 1.34. The third kappa shape index (κ3) is 2.64. The van der Waals surface area contributed by atoms with Crippen LogP contribution in [-0.2, 0) is 4.74 Å². The number of aliphatic hydroxyl groups excluding tert-OH is 1. The Labute approximate surface area is 67.9 Å². The fraction of sp³-hybridized carbons (Fsp3) is 0.778. The number of aliphatic hydroxyl groups is 1. The Morgan fingerprint density at radius 2 is 2.36 bits per heavy atom. The van der Waals surface area contributed by atoms with E-state index in [-0.39, 0.29) is 6.10 Å². The molecule has 1 N–H and O–H groups in total. The molecule has 0 amide bonds. The van der Waals surface area contributed by atoms with Crippen molar-refractivity contribution in [1.29, 1.82) is 0 Å². The Bertz CT molecular complexity index is 132. The second kappa shape index (κ2) is 4.52. The van der Waals surface area contributed by atoms with Gasteiger partial charge in [-0.1, -0.05) is 6.58 Å². The van der Waals surface area contributed by atoms with E-state index in [4.69, 9.17) is 9.84 Å². The molecule has 11 heavy (non-hydrogen) atoms. The van der Waals surface area contributed by atoms with Crippen LogP contribution in [-0.4, -0.2) is 24.4 Å². The molecule has 1 aliphatic heterocycles. The summed E-state index contributed by atoms with van der Waals surface area (Å²) in [5.74, 6) is 0. The van der Waals surface area contributed by atoms with Gasteiger partial charge in [-0.15, -0.1) is 0 Å². The molecule has 2 nitrogen and oxygen atoms in total. The number of ether oxygens (including phenoxy) is 1. The summed E-state index contributed by atoms with van der Waals surface area (Å²) in [6, 6.07) is 0. The Kier molecular flexibility index (Phi) is 3.60. The number of unbranched alkanes of at least 4 members (excludes halogenated alkanes) is 1. The zero-order chi connectivity index (χ0) is 8.10. The van der Waals surface area contributed by atoms with Gasteiger partial charge in [0.15, 0.2) is 0 Å². The molecule has 2 heteroatoms. The van der Waals surface area contributed by atoms with E-state index in [0.717, 1.165) is 32.3 Å². The first kappa shape index (κ1) is 8.75. The molecular weight excluding hydrogens is 140 g/mol. The van der Waals surface area contributed by atoms with E-state index in [2.05, 4.69) is 6.58 Å². The van der Waals surface area contributed by atoms with E-state index in [1.54, 1.807) is 0 Å². The lowest BCUT2D eigenvalue weighted by molar-refractivity contribution is 0.114. The van der Waals surface area contributed by atoms with Gasteiger partial charge < -0.3 is 9.84 Å². The molecule has 1 fully saturated rings. The molecule has 0 aliphatic carbocycles. The lowest BCUT2D eigenvalue weighted by atomic mass is 10.1. The highest BCUT2D eigenvalue weighted by Gasteiger charge is 2.18. The van der Waals surface area contributed by atoms with Crippen LogP contribution in [0.5, 0.6) is 0 Å². The van der Waals surface area contributed by atoms with E-state index in [9.17, 15) is 0 Å². The summed E-state index contributed by atoms with van der Waals surface area (Å²) in [5, 5.41) is 8.54. The predicted octanol–water partition coefficient (Wildman–Crippen LogP) is 1.49. The maximum Gasteiger partial charge on any atom is 0.0783 e. The zero-order valence-electron chi connectivity index (χ0n) is 6.88. The SMILES string of the molecule is C=C1CCOC1CCCCO. The summed E-state index contributed by atoms with van der Waals surface area (Å²) >= 11 is 0. The van der Waals surface area contributed by atoms with Crippen LogP contribution in [0.25, 0.3) is 0 Å². The standard InChI is InChI=1S/C9H16O2/c1-8-5-7-11-9(8)4-2-3-6-10/h9-10H,1-7H2. The molecule has 1 rings (SSSR count). The van der Waals surface area contributed by atoms with Crippen LogP contribution in [0.2, 0.25) is 0 Å². The molecule has 1 saturated heterocycles. The van der Waals surface area contributed by atoms with Crippen molar-refractivity contribution in [3.05, 3.63) is 12.2 Å². The highest BCUT2D eigenvalue weighted by molar-refractivity contribution is 5.05. The molecule has 1 atom stereocenters. The molecule has 0 aromatic carbocycles. The molecule has 0 aromatic heterocycles. The van der Waals surface area contributed by atoms with Crippen molar-refractivity contribution in [3.63, 3.8) is 0 Å². The maximum atomic E-state index is 8.54. The number of hydrogen-bond donors (Lipinski definition) is 1.